The van der Waals surface area contributed by atoms with Crippen molar-refractivity contribution in [2.45, 2.75) is 25.7 Å². The van der Waals surface area contributed by atoms with E-state index < -0.39 is 0 Å². The van der Waals surface area contributed by atoms with Crippen LogP contribution < -0.4 is 10.6 Å². The van der Waals surface area contributed by atoms with Gasteiger partial charge < -0.3 is 24.9 Å². The second-order valence-electron chi connectivity index (χ2n) is 11.6. The zero-order chi connectivity index (χ0) is 30.7. The van der Waals surface area contributed by atoms with Crippen LogP contribution in [0.5, 0.6) is 0 Å². The zero-order valence-corrected chi connectivity index (χ0v) is 26.7. The van der Waals surface area contributed by atoms with Gasteiger partial charge in [0.15, 0.2) is 13.1 Å². The fourth-order valence-corrected chi connectivity index (χ4v) is 8.10. The molecular formula is C32H38N5O4S2+. The minimum absolute atomic E-state index is 0.112. The number of nitrogens with one attached hydrogen (secondary N) is 2. The summed E-state index contributed by atoms with van der Waals surface area (Å²) in [6.45, 7) is 1.62. The summed E-state index contributed by atoms with van der Waals surface area (Å²) in [5.74, 6) is -0.785. The molecule has 0 aliphatic carbocycles. The number of quaternary nitrogens is 1. The third kappa shape index (κ3) is 6.58. The van der Waals surface area contributed by atoms with Crippen LogP contribution >= 0.6 is 22.7 Å². The van der Waals surface area contributed by atoms with Gasteiger partial charge in [0.05, 0.1) is 24.5 Å². The lowest BCUT2D eigenvalue weighted by atomic mass is 10.2. The number of hydrogen-bond acceptors (Lipinski definition) is 6. The highest BCUT2D eigenvalue weighted by molar-refractivity contribution is 7.22. The maximum absolute atomic E-state index is 13.7. The molecule has 3 heterocycles. The molecule has 1 fully saturated rings. The third-order valence-electron chi connectivity index (χ3n) is 7.89. The van der Waals surface area contributed by atoms with E-state index in [9.17, 15) is 19.2 Å². The SMILES string of the molecule is CN(C)C(=O)c1sc2ccccc2c1NC(=O)C[N+]1(CC(=O)Nc2c(C(=O)N(C)C)sc3ccccc23)CCCCCC1. The standard InChI is InChI=1S/C32H37N5O4S2/c1-35(2)31(40)29-27(21-13-7-9-15-23(21)42-29)33-25(38)19-37(17-11-5-6-12-18-37)20-26(39)34-28-22-14-8-10-16-24(22)43-30(28)32(41)36(3)4/h7-10,13-16H,5-6,11-12,17-20H2,1-4H3,(H-,33,34,38,39,40,41)/p+1. The van der Waals surface area contributed by atoms with Gasteiger partial charge in [0, 0.05) is 48.4 Å². The molecule has 2 N–H and O–H groups in total. The van der Waals surface area contributed by atoms with Crippen LogP contribution in [-0.2, 0) is 9.59 Å². The number of nitrogens with zero attached hydrogens (tertiary/aromatic N) is 3. The maximum atomic E-state index is 13.7. The second-order valence-corrected chi connectivity index (χ2v) is 13.7. The number of fused-ring (bicyclic) bond motifs is 2. The van der Waals surface area contributed by atoms with E-state index >= 15 is 0 Å². The third-order valence-corrected chi connectivity index (χ3v) is 10.2. The Balaban J connectivity index is 1.41. The van der Waals surface area contributed by atoms with Gasteiger partial charge in [-0.3, -0.25) is 19.2 Å². The van der Waals surface area contributed by atoms with Gasteiger partial charge in [-0.2, -0.15) is 0 Å². The lowest BCUT2D eigenvalue weighted by Gasteiger charge is -2.36. The van der Waals surface area contributed by atoms with E-state index in [0.717, 1.165) is 45.9 Å². The van der Waals surface area contributed by atoms with Crippen molar-refractivity contribution in [2.75, 3.05) is 65.0 Å². The van der Waals surface area contributed by atoms with Crippen LogP contribution in [0.15, 0.2) is 48.5 Å². The molecule has 43 heavy (non-hydrogen) atoms. The Morgan fingerprint density at radius 3 is 1.44 bits per heavy atom. The molecule has 1 aliphatic heterocycles. The number of likely N-dealkylation sites (tertiary alicyclic amines) is 1. The highest BCUT2D eigenvalue weighted by Gasteiger charge is 2.35. The molecule has 4 aromatic rings. The van der Waals surface area contributed by atoms with E-state index in [1.165, 1.54) is 32.5 Å². The number of anilines is 2. The average Bonchev–Trinajstić information content (AvgIpc) is 3.42. The number of rotatable bonds is 8. The summed E-state index contributed by atoms with van der Waals surface area (Å²) in [5, 5.41) is 7.79. The average molecular weight is 621 g/mol. The lowest BCUT2D eigenvalue weighted by Crippen LogP contribution is -2.56. The number of carbonyl (C=O) groups excluding carboxylic acids is 4. The number of amides is 4. The molecule has 9 nitrogen and oxygen atoms in total. The van der Waals surface area contributed by atoms with E-state index in [1.807, 2.05) is 48.5 Å². The topological polar surface area (TPSA) is 98.8 Å². The normalized spacial score (nSPS) is 14.7. The molecule has 5 rings (SSSR count). The molecule has 0 radical (unpaired) electrons. The molecule has 1 saturated heterocycles. The molecule has 0 bridgehead atoms. The van der Waals surface area contributed by atoms with Crippen LogP contribution in [0.2, 0.25) is 0 Å². The Labute approximate surface area is 259 Å². The van der Waals surface area contributed by atoms with Crippen molar-refractivity contribution >= 4 is 77.8 Å². The summed E-state index contributed by atoms with van der Waals surface area (Å²) in [6, 6.07) is 15.3. The molecule has 1 aliphatic rings. The molecule has 4 amide bonds. The first kappa shape index (κ1) is 30.7. The molecule has 11 heteroatoms. The summed E-state index contributed by atoms with van der Waals surface area (Å²) in [6.07, 6.45) is 3.93. The van der Waals surface area contributed by atoms with Crippen molar-refractivity contribution in [3.8, 4) is 0 Å². The summed E-state index contributed by atoms with van der Waals surface area (Å²) in [5.41, 5.74) is 1.05. The first-order valence-corrected chi connectivity index (χ1v) is 16.1. The van der Waals surface area contributed by atoms with Crippen LogP contribution in [0.1, 0.15) is 45.0 Å². The molecular weight excluding hydrogens is 583 g/mol. The molecule has 2 aromatic carbocycles. The largest absolute Gasteiger partial charge is 0.344 e. The fourth-order valence-electron chi connectivity index (χ4n) is 5.75. The molecule has 0 unspecified atom stereocenters. The molecule has 0 atom stereocenters. The maximum Gasteiger partial charge on any atom is 0.279 e. The van der Waals surface area contributed by atoms with Gasteiger partial charge in [0.1, 0.15) is 9.75 Å². The van der Waals surface area contributed by atoms with Crippen molar-refractivity contribution in [2.24, 2.45) is 0 Å². The van der Waals surface area contributed by atoms with Gasteiger partial charge in [-0.05, 0) is 37.8 Å². The van der Waals surface area contributed by atoms with Gasteiger partial charge in [0.2, 0.25) is 0 Å². The lowest BCUT2D eigenvalue weighted by molar-refractivity contribution is -0.912. The van der Waals surface area contributed by atoms with Gasteiger partial charge in [-0.25, -0.2) is 0 Å². The van der Waals surface area contributed by atoms with Crippen LogP contribution in [0.25, 0.3) is 20.2 Å². The van der Waals surface area contributed by atoms with Crippen molar-refractivity contribution in [1.29, 1.82) is 0 Å². The summed E-state index contributed by atoms with van der Waals surface area (Å²) < 4.78 is 2.16. The number of carbonyl (C=O) groups is 4. The Morgan fingerprint density at radius 1 is 0.651 bits per heavy atom. The Bertz CT molecular complexity index is 1570. The minimum atomic E-state index is -0.226. The van der Waals surface area contributed by atoms with Crippen LogP contribution in [0.3, 0.4) is 0 Å². The Morgan fingerprint density at radius 2 is 1.05 bits per heavy atom. The smallest absolute Gasteiger partial charge is 0.279 e. The van der Waals surface area contributed by atoms with E-state index in [1.54, 1.807) is 28.2 Å². The molecule has 0 spiro atoms. The van der Waals surface area contributed by atoms with Crippen molar-refractivity contribution < 1.29 is 23.7 Å². The highest BCUT2D eigenvalue weighted by atomic mass is 32.1. The van der Waals surface area contributed by atoms with Gasteiger partial charge in [-0.15, -0.1) is 22.7 Å². The van der Waals surface area contributed by atoms with Crippen molar-refractivity contribution in [3.63, 3.8) is 0 Å². The molecule has 0 saturated carbocycles. The van der Waals surface area contributed by atoms with Crippen LogP contribution in [-0.4, -0.2) is 92.3 Å². The predicted molar refractivity (Wildman–Crippen MR) is 175 cm³/mol. The van der Waals surface area contributed by atoms with Gasteiger partial charge in [-0.1, -0.05) is 36.4 Å². The molecule has 226 valence electrons. The first-order chi connectivity index (χ1) is 20.6. The second kappa shape index (κ2) is 12.8. The Kier molecular flexibility index (Phi) is 9.14. The predicted octanol–water partition coefficient (Wildman–Crippen LogP) is 5.49. The van der Waals surface area contributed by atoms with E-state index in [2.05, 4.69) is 10.6 Å². The fraction of sp³-hybridized carbons (Fsp3) is 0.375. The first-order valence-electron chi connectivity index (χ1n) is 14.5. The summed E-state index contributed by atoms with van der Waals surface area (Å²) in [4.78, 5) is 57.5. The van der Waals surface area contributed by atoms with E-state index in [-0.39, 0.29) is 36.7 Å². The van der Waals surface area contributed by atoms with Crippen molar-refractivity contribution in [3.05, 3.63) is 58.3 Å². The van der Waals surface area contributed by atoms with Gasteiger partial charge in [0.25, 0.3) is 23.6 Å². The number of thiophene rings is 2. The summed E-state index contributed by atoms with van der Waals surface area (Å²) >= 11 is 2.73. The number of benzene rings is 2. The minimum Gasteiger partial charge on any atom is -0.344 e. The summed E-state index contributed by atoms with van der Waals surface area (Å²) in [7, 11) is 6.79. The highest BCUT2D eigenvalue weighted by Crippen LogP contribution is 2.38. The van der Waals surface area contributed by atoms with Gasteiger partial charge >= 0.3 is 0 Å². The number of hydrogen-bond donors (Lipinski definition) is 2. The van der Waals surface area contributed by atoms with E-state index in [4.69, 9.17) is 0 Å². The Hall–Kier alpha value is -3.80. The van der Waals surface area contributed by atoms with Crippen LogP contribution in [0, 0.1) is 0 Å². The molecule has 2 aromatic heterocycles. The van der Waals surface area contributed by atoms with E-state index in [0.29, 0.717) is 38.7 Å². The zero-order valence-electron chi connectivity index (χ0n) is 25.1. The quantitative estimate of drug-likeness (QED) is 0.255. The van der Waals surface area contributed by atoms with Crippen LogP contribution in [0.4, 0.5) is 11.4 Å². The van der Waals surface area contributed by atoms with Crippen molar-refractivity contribution in [1.82, 2.24) is 9.80 Å². The monoisotopic (exact) mass is 620 g/mol.